The zero-order valence-electron chi connectivity index (χ0n) is 17.6. The van der Waals surface area contributed by atoms with Gasteiger partial charge in [0.05, 0.1) is 12.9 Å². The molecular formula is C21H33NO5S2. The molecule has 1 saturated heterocycles. The molecular weight excluding hydrogens is 410 g/mol. The van der Waals surface area contributed by atoms with Gasteiger partial charge in [-0.05, 0) is 43.6 Å². The third-order valence-corrected chi connectivity index (χ3v) is 7.60. The van der Waals surface area contributed by atoms with E-state index in [1.165, 1.54) is 31.0 Å². The van der Waals surface area contributed by atoms with E-state index in [1.54, 1.807) is 7.11 Å². The summed E-state index contributed by atoms with van der Waals surface area (Å²) < 4.78 is 36.4. The van der Waals surface area contributed by atoms with E-state index in [0.717, 1.165) is 30.9 Å². The Morgan fingerprint density at radius 2 is 1.83 bits per heavy atom. The van der Waals surface area contributed by atoms with Crippen molar-refractivity contribution in [2.45, 2.75) is 44.8 Å². The Balaban J connectivity index is 2.08. The van der Waals surface area contributed by atoms with Crippen molar-refractivity contribution in [3.05, 3.63) is 29.8 Å². The Morgan fingerprint density at radius 1 is 1.21 bits per heavy atom. The van der Waals surface area contributed by atoms with Crippen molar-refractivity contribution < 1.29 is 22.5 Å². The largest absolute Gasteiger partial charge is 0.497 e. The Morgan fingerprint density at radius 3 is 2.38 bits per heavy atom. The third-order valence-electron chi connectivity index (χ3n) is 5.34. The molecule has 0 saturated carbocycles. The quantitative estimate of drug-likeness (QED) is 0.520. The van der Waals surface area contributed by atoms with Gasteiger partial charge in [0.15, 0.2) is 0 Å². The first-order valence-electron chi connectivity index (χ1n) is 10.1. The molecule has 0 bridgehead atoms. The first kappa shape index (κ1) is 24.2. The highest BCUT2D eigenvalue weighted by Crippen LogP contribution is 2.36. The monoisotopic (exact) mass is 443 g/mol. The van der Waals surface area contributed by atoms with Crippen molar-refractivity contribution in [1.82, 2.24) is 4.90 Å². The summed E-state index contributed by atoms with van der Waals surface area (Å²) in [6.07, 6.45) is 3.95. The summed E-state index contributed by atoms with van der Waals surface area (Å²) in [4.78, 5) is 15.5. The lowest BCUT2D eigenvalue weighted by molar-refractivity contribution is -0.128. The number of likely N-dealkylation sites (tertiary alicyclic amines) is 1. The van der Waals surface area contributed by atoms with Crippen LogP contribution < -0.4 is 4.74 Å². The Hall–Kier alpha value is -1.09. The smallest absolute Gasteiger partial charge is 0.265 e. The van der Waals surface area contributed by atoms with Crippen LogP contribution in [0.1, 0.15) is 50.3 Å². The van der Waals surface area contributed by atoms with Crippen LogP contribution in [0.15, 0.2) is 24.3 Å². The van der Waals surface area contributed by atoms with Crippen LogP contribution in [0, 0.1) is 5.41 Å². The molecule has 0 unspecified atom stereocenters. The van der Waals surface area contributed by atoms with Gasteiger partial charge in [-0.2, -0.15) is 20.2 Å². The number of hydrogen-bond acceptors (Lipinski definition) is 6. The molecule has 1 aliphatic heterocycles. The molecule has 0 aliphatic carbocycles. The van der Waals surface area contributed by atoms with E-state index in [2.05, 4.69) is 4.90 Å². The number of methoxy groups -OCH3 is 1. The van der Waals surface area contributed by atoms with Crippen molar-refractivity contribution in [2.75, 3.05) is 38.2 Å². The van der Waals surface area contributed by atoms with E-state index in [1.807, 2.05) is 38.1 Å². The fraction of sp³-hybridized carbons (Fsp3) is 0.667. The molecule has 2 rings (SSSR count). The zero-order valence-corrected chi connectivity index (χ0v) is 19.2. The lowest BCUT2D eigenvalue weighted by Crippen LogP contribution is -2.42. The van der Waals surface area contributed by atoms with Crippen molar-refractivity contribution in [3.8, 4) is 5.75 Å². The Labute approximate surface area is 179 Å². The highest BCUT2D eigenvalue weighted by atomic mass is 32.2. The van der Waals surface area contributed by atoms with E-state index in [9.17, 15) is 13.2 Å². The van der Waals surface area contributed by atoms with E-state index in [-0.39, 0.29) is 22.5 Å². The summed E-state index contributed by atoms with van der Waals surface area (Å²) in [6.45, 7) is 6.83. The van der Waals surface area contributed by atoms with Gasteiger partial charge in [-0.3, -0.25) is 9.35 Å². The number of carbonyl (C=O) groups excluding carboxylic acids is 1. The predicted octanol–water partition coefficient (Wildman–Crippen LogP) is 3.83. The summed E-state index contributed by atoms with van der Waals surface area (Å²) in [5.74, 6) is 0.806. The minimum Gasteiger partial charge on any atom is -0.497 e. The van der Waals surface area contributed by atoms with Gasteiger partial charge in [-0.1, -0.05) is 32.4 Å². The van der Waals surface area contributed by atoms with Gasteiger partial charge < -0.3 is 9.64 Å². The second-order valence-corrected chi connectivity index (χ2v) is 11.1. The summed E-state index contributed by atoms with van der Waals surface area (Å²) in [5.41, 5.74) is 0.486. The molecule has 0 spiro atoms. The van der Waals surface area contributed by atoms with Crippen molar-refractivity contribution >= 4 is 27.7 Å². The maximum atomic E-state index is 13.2. The van der Waals surface area contributed by atoms with E-state index < -0.39 is 15.5 Å². The molecule has 1 atom stereocenters. The maximum absolute atomic E-state index is 13.2. The highest BCUT2D eigenvalue weighted by Gasteiger charge is 2.32. The predicted molar refractivity (Wildman–Crippen MR) is 118 cm³/mol. The molecule has 1 N–H and O–H groups in total. The van der Waals surface area contributed by atoms with Gasteiger partial charge in [0.2, 0.25) is 0 Å². The van der Waals surface area contributed by atoms with Crippen molar-refractivity contribution in [2.24, 2.45) is 5.41 Å². The van der Waals surface area contributed by atoms with Crippen LogP contribution >= 0.6 is 11.8 Å². The Bertz CT molecular complexity index is 756. The summed E-state index contributed by atoms with van der Waals surface area (Å²) in [5, 5.41) is -0.171. The fourth-order valence-electron chi connectivity index (χ4n) is 3.60. The molecule has 0 radical (unpaired) electrons. The molecule has 1 heterocycles. The zero-order chi connectivity index (χ0) is 21.5. The summed E-state index contributed by atoms with van der Waals surface area (Å²) >= 11 is 1.39. The molecule has 1 aromatic carbocycles. The average Bonchev–Trinajstić information content (AvgIpc) is 2.66. The van der Waals surface area contributed by atoms with Crippen molar-refractivity contribution in [1.29, 1.82) is 0 Å². The van der Waals surface area contributed by atoms with Gasteiger partial charge in [0.1, 0.15) is 11.5 Å². The molecule has 0 amide bonds. The number of thioether (sulfide) groups is 1. The van der Waals surface area contributed by atoms with Crippen LogP contribution in [0.3, 0.4) is 0 Å². The summed E-state index contributed by atoms with van der Waals surface area (Å²) in [6, 6.07) is 7.51. The minimum absolute atomic E-state index is 0.170. The van der Waals surface area contributed by atoms with Crippen LogP contribution in [-0.2, 0) is 14.9 Å². The lowest BCUT2D eigenvalue weighted by atomic mass is 9.84. The Kier molecular flexibility index (Phi) is 9.00. The SMILES string of the molecule is COc1ccc([C@H](CC(=O)C(C)(C)CN2CCCCC2)SCCS(=O)(=O)O)cc1. The highest BCUT2D eigenvalue weighted by molar-refractivity contribution is 8.00. The normalized spacial score (nSPS) is 17.1. The molecule has 8 heteroatoms. The van der Waals surface area contributed by atoms with Gasteiger partial charge in [-0.15, -0.1) is 0 Å². The molecule has 164 valence electrons. The molecule has 0 aromatic heterocycles. The number of piperidine rings is 1. The van der Waals surface area contributed by atoms with E-state index in [4.69, 9.17) is 9.29 Å². The van der Waals surface area contributed by atoms with Crippen molar-refractivity contribution in [3.63, 3.8) is 0 Å². The van der Waals surface area contributed by atoms with Crippen LogP contribution in [-0.4, -0.2) is 61.9 Å². The third kappa shape index (κ3) is 8.28. The number of benzene rings is 1. The van der Waals surface area contributed by atoms with Crippen LogP contribution in [0.25, 0.3) is 0 Å². The van der Waals surface area contributed by atoms with E-state index in [0.29, 0.717) is 6.42 Å². The van der Waals surface area contributed by atoms with Gasteiger partial charge in [0.25, 0.3) is 10.1 Å². The second-order valence-electron chi connectivity index (χ2n) is 8.27. The first-order valence-corrected chi connectivity index (χ1v) is 12.7. The van der Waals surface area contributed by atoms with Gasteiger partial charge in [0, 0.05) is 29.4 Å². The second kappa shape index (κ2) is 10.8. The fourth-order valence-corrected chi connectivity index (χ4v) is 5.73. The number of ketones is 1. The van der Waals surface area contributed by atoms with Gasteiger partial charge >= 0.3 is 0 Å². The first-order chi connectivity index (χ1) is 13.6. The number of rotatable bonds is 11. The van der Waals surface area contributed by atoms with Crippen LogP contribution in [0.2, 0.25) is 0 Å². The average molecular weight is 444 g/mol. The number of Topliss-reactive ketones (excluding diaryl/α,β-unsaturated/α-hetero) is 1. The molecule has 6 nitrogen and oxygen atoms in total. The number of nitrogens with zero attached hydrogens (tertiary/aromatic N) is 1. The molecule has 29 heavy (non-hydrogen) atoms. The lowest BCUT2D eigenvalue weighted by Gasteiger charge is -2.34. The van der Waals surface area contributed by atoms with Gasteiger partial charge in [-0.25, -0.2) is 0 Å². The van der Waals surface area contributed by atoms with Crippen LogP contribution in [0.4, 0.5) is 0 Å². The minimum atomic E-state index is -4.02. The molecule has 1 aliphatic rings. The number of ether oxygens (including phenoxy) is 1. The number of hydrogen-bond donors (Lipinski definition) is 1. The van der Waals surface area contributed by atoms with Crippen LogP contribution in [0.5, 0.6) is 5.75 Å². The van der Waals surface area contributed by atoms with E-state index >= 15 is 0 Å². The standard InChI is InChI=1S/C21H33NO5S2/c1-21(2,16-22-11-5-4-6-12-22)20(23)15-19(28-13-14-29(24,25)26)17-7-9-18(27-3)10-8-17/h7-10,19H,4-6,11-16H2,1-3H3,(H,24,25,26)/t19-/m0/s1. The summed E-state index contributed by atoms with van der Waals surface area (Å²) in [7, 11) is -2.42. The topological polar surface area (TPSA) is 83.9 Å². The molecule has 1 aromatic rings. The molecule has 1 fully saturated rings. The maximum Gasteiger partial charge on any atom is 0.265 e. The number of carbonyl (C=O) groups is 1.